The van der Waals surface area contributed by atoms with Gasteiger partial charge in [-0.3, -0.25) is 4.79 Å². The number of benzene rings is 2. The predicted octanol–water partition coefficient (Wildman–Crippen LogP) is 7.46. The van der Waals surface area contributed by atoms with E-state index in [4.69, 9.17) is 11.6 Å². The average Bonchev–Trinajstić information content (AvgIpc) is 3.03. The van der Waals surface area contributed by atoms with Gasteiger partial charge in [-0.25, -0.2) is 0 Å². The summed E-state index contributed by atoms with van der Waals surface area (Å²) >= 11 is 6.07. The highest BCUT2D eigenvalue weighted by molar-refractivity contribution is 6.31. The van der Waals surface area contributed by atoms with Crippen molar-refractivity contribution in [3.63, 3.8) is 0 Å². The lowest BCUT2D eigenvalue weighted by Crippen LogP contribution is -2.10. The highest BCUT2D eigenvalue weighted by Crippen LogP contribution is 2.33. The third-order valence-corrected chi connectivity index (χ3v) is 4.97. The van der Waals surface area contributed by atoms with Crippen molar-refractivity contribution < 1.29 is 18.0 Å². The molecule has 2 aromatic carbocycles. The Labute approximate surface area is 166 Å². The molecule has 3 rings (SSSR count). The Morgan fingerprint density at radius 2 is 1.82 bits per heavy atom. The highest BCUT2D eigenvalue weighted by atomic mass is 35.5. The zero-order chi connectivity index (χ0) is 20.3. The molecule has 0 saturated carbocycles. The second-order valence-electron chi connectivity index (χ2n) is 6.85. The molecule has 0 aliphatic heterocycles. The fourth-order valence-electron chi connectivity index (χ4n) is 3.33. The molecule has 0 aliphatic rings. The number of hydrogen-bond acceptors (Lipinski definition) is 1. The fourth-order valence-corrected chi connectivity index (χ4v) is 3.51. The maximum Gasteiger partial charge on any atom is 0.416 e. The van der Waals surface area contributed by atoms with Gasteiger partial charge in [0.25, 0.3) is 0 Å². The Kier molecular flexibility index (Phi) is 6.14. The van der Waals surface area contributed by atoms with Crippen LogP contribution < -0.4 is 0 Å². The van der Waals surface area contributed by atoms with E-state index in [0.717, 1.165) is 43.2 Å². The van der Waals surface area contributed by atoms with Crippen LogP contribution in [0.1, 0.15) is 55.1 Å². The van der Waals surface area contributed by atoms with Crippen molar-refractivity contribution in [2.24, 2.45) is 0 Å². The first kappa shape index (κ1) is 20.5. The first-order chi connectivity index (χ1) is 13.3. The number of nitrogens with zero attached hydrogens (tertiary/aromatic N) is 1. The van der Waals surface area contributed by atoms with Crippen LogP contribution in [-0.2, 0) is 6.18 Å². The summed E-state index contributed by atoms with van der Waals surface area (Å²) in [6, 6.07) is 11.9. The Hall–Kier alpha value is -2.27. The maximum absolute atomic E-state index is 13.2. The molecule has 0 unspecified atom stereocenters. The average molecular weight is 408 g/mol. The van der Waals surface area contributed by atoms with Gasteiger partial charge in [0, 0.05) is 22.5 Å². The van der Waals surface area contributed by atoms with Gasteiger partial charge in [0.05, 0.1) is 16.8 Å². The molecule has 148 valence electrons. The first-order valence-corrected chi connectivity index (χ1v) is 9.71. The number of aromatic nitrogens is 1. The molecule has 0 spiro atoms. The summed E-state index contributed by atoms with van der Waals surface area (Å²) in [5, 5.41) is 1.23. The third kappa shape index (κ3) is 4.41. The summed E-state index contributed by atoms with van der Waals surface area (Å²) in [6.45, 7) is 2.09. The van der Waals surface area contributed by atoms with Crippen LogP contribution in [0.4, 0.5) is 13.2 Å². The highest BCUT2D eigenvalue weighted by Gasteiger charge is 2.31. The zero-order valence-corrected chi connectivity index (χ0v) is 16.3. The van der Waals surface area contributed by atoms with Crippen LogP contribution in [0.5, 0.6) is 0 Å². The molecule has 0 fully saturated rings. The van der Waals surface area contributed by atoms with Crippen LogP contribution in [0.3, 0.4) is 0 Å². The number of alkyl halides is 3. The molecule has 2 nitrogen and oxygen atoms in total. The first-order valence-electron chi connectivity index (χ1n) is 9.33. The number of Topliss-reactive ketones (excluding diaryl/α,β-unsaturated/α-hetero) is 1. The van der Waals surface area contributed by atoms with Gasteiger partial charge in [-0.05, 0) is 48.9 Å². The van der Waals surface area contributed by atoms with Gasteiger partial charge in [-0.2, -0.15) is 13.2 Å². The van der Waals surface area contributed by atoms with E-state index in [1.807, 2.05) is 0 Å². The van der Waals surface area contributed by atoms with Gasteiger partial charge >= 0.3 is 6.18 Å². The molecule has 0 saturated heterocycles. The number of fused-ring (bicyclic) bond motifs is 1. The van der Waals surface area contributed by atoms with Gasteiger partial charge < -0.3 is 4.57 Å². The van der Waals surface area contributed by atoms with Crippen LogP contribution in [0.15, 0.2) is 48.5 Å². The molecule has 0 amide bonds. The number of ketones is 1. The minimum atomic E-state index is -4.45. The van der Waals surface area contributed by atoms with E-state index in [0.29, 0.717) is 28.3 Å². The molecular weight excluding hydrogens is 387 g/mol. The van der Waals surface area contributed by atoms with Gasteiger partial charge in [0.15, 0.2) is 5.78 Å². The van der Waals surface area contributed by atoms with Crippen molar-refractivity contribution in [3.05, 3.63) is 64.8 Å². The summed E-state index contributed by atoms with van der Waals surface area (Å²) < 4.78 is 41.1. The summed E-state index contributed by atoms with van der Waals surface area (Å²) in [6.07, 6.45) is -0.248. The Morgan fingerprint density at radius 1 is 1.04 bits per heavy atom. The third-order valence-electron chi connectivity index (χ3n) is 4.74. The summed E-state index contributed by atoms with van der Waals surface area (Å²) in [5.41, 5.74) is 0.597. The smallest absolute Gasteiger partial charge is 0.307 e. The van der Waals surface area contributed by atoms with Crippen molar-refractivity contribution in [1.29, 1.82) is 0 Å². The largest absolute Gasteiger partial charge is 0.416 e. The second kappa shape index (κ2) is 8.39. The van der Waals surface area contributed by atoms with E-state index in [9.17, 15) is 18.0 Å². The lowest BCUT2D eigenvalue weighted by Gasteiger charge is -2.13. The normalized spacial score (nSPS) is 11.9. The monoisotopic (exact) mass is 407 g/mol. The van der Waals surface area contributed by atoms with Gasteiger partial charge in [-0.1, -0.05) is 43.9 Å². The molecule has 6 heteroatoms. The second-order valence-corrected chi connectivity index (χ2v) is 7.29. The van der Waals surface area contributed by atoms with E-state index in [1.165, 1.54) is 6.07 Å². The predicted molar refractivity (Wildman–Crippen MR) is 106 cm³/mol. The topological polar surface area (TPSA) is 22.0 Å². The number of carbonyl (C=O) groups is 1. The number of rotatable bonds is 7. The van der Waals surface area contributed by atoms with E-state index in [2.05, 4.69) is 6.92 Å². The maximum atomic E-state index is 13.2. The summed E-state index contributed by atoms with van der Waals surface area (Å²) in [7, 11) is 0. The molecular formula is C22H21ClF3NO. The van der Waals surface area contributed by atoms with Crippen molar-refractivity contribution in [2.75, 3.05) is 0 Å². The molecule has 0 N–H and O–H groups in total. The molecule has 0 radical (unpaired) electrons. The van der Waals surface area contributed by atoms with Crippen LogP contribution >= 0.6 is 11.6 Å². The number of hydrogen-bond donors (Lipinski definition) is 0. The van der Waals surface area contributed by atoms with Gasteiger partial charge in [0.2, 0.25) is 0 Å². The van der Waals surface area contributed by atoms with Crippen LogP contribution in [0.25, 0.3) is 16.6 Å². The van der Waals surface area contributed by atoms with Crippen molar-refractivity contribution in [1.82, 2.24) is 4.57 Å². The van der Waals surface area contributed by atoms with Gasteiger partial charge in [0.1, 0.15) is 0 Å². The van der Waals surface area contributed by atoms with Crippen LogP contribution in [-0.4, -0.2) is 10.4 Å². The van der Waals surface area contributed by atoms with E-state index in [1.54, 1.807) is 34.9 Å². The molecule has 1 aromatic heterocycles. The quantitative estimate of drug-likeness (QED) is 0.294. The van der Waals surface area contributed by atoms with Crippen LogP contribution in [0.2, 0.25) is 5.02 Å². The Balaban J connectivity index is 2.08. The molecule has 1 heterocycles. The van der Waals surface area contributed by atoms with E-state index >= 15 is 0 Å². The molecule has 0 aliphatic carbocycles. The summed E-state index contributed by atoms with van der Waals surface area (Å²) in [4.78, 5) is 12.9. The number of unbranched alkanes of at least 4 members (excludes halogenated alkanes) is 3. The molecule has 28 heavy (non-hydrogen) atoms. The Morgan fingerprint density at radius 3 is 2.54 bits per heavy atom. The van der Waals surface area contributed by atoms with Crippen molar-refractivity contribution in [2.45, 2.75) is 45.2 Å². The minimum absolute atomic E-state index is 0.0826. The minimum Gasteiger partial charge on any atom is -0.307 e. The molecule has 0 bridgehead atoms. The van der Waals surface area contributed by atoms with E-state index in [-0.39, 0.29) is 5.78 Å². The lowest BCUT2D eigenvalue weighted by atomic mass is 10.1. The molecule has 3 aromatic rings. The fraction of sp³-hybridized carbons (Fsp3) is 0.318. The zero-order valence-electron chi connectivity index (χ0n) is 15.5. The lowest BCUT2D eigenvalue weighted by molar-refractivity contribution is -0.137. The van der Waals surface area contributed by atoms with Gasteiger partial charge in [-0.15, -0.1) is 0 Å². The standard InChI is InChI=1S/C22H21ClF3NO/c1-2-3-4-5-9-21(28)20-13-15-12-17(23)10-11-19(15)27(20)18-8-6-7-16(14-18)22(24,25)26/h6-8,10-14H,2-5,9H2,1H3. The number of halogens is 4. The van der Waals surface area contributed by atoms with Crippen LogP contribution in [0, 0.1) is 0 Å². The molecule has 0 atom stereocenters. The number of carbonyl (C=O) groups excluding carboxylic acids is 1. The SMILES string of the molecule is CCCCCCC(=O)c1cc2cc(Cl)ccc2n1-c1cccc(C(F)(F)F)c1. The summed E-state index contributed by atoms with van der Waals surface area (Å²) in [5.74, 6) is -0.0826. The van der Waals surface area contributed by atoms with E-state index < -0.39 is 11.7 Å². The Bertz CT molecular complexity index is 991. The van der Waals surface area contributed by atoms with Crippen molar-refractivity contribution in [3.8, 4) is 5.69 Å². The van der Waals surface area contributed by atoms with Crippen molar-refractivity contribution >= 4 is 28.3 Å².